The van der Waals surface area contributed by atoms with Gasteiger partial charge in [-0.3, -0.25) is 0 Å². The van der Waals surface area contributed by atoms with Crippen LogP contribution in [0.15, 0.2) is 29.6 Å². The lowest BCUT2D eigenvalue weighted by Gasteiger charge is -2.10. The predicted molar refractivity (Wildman–Crippen MR) is 74.5 cm³/mol. The Labute approximate surface area is 119 Å². The van der Waals surface area contributed by atoms with Gasteiger partial charge in [0.25, 0.3) is 0 Å². The van der Waals surface area contributed by atoms with Crippen LogP contribution in [-0.2, 0) is 6.42 Å². The number of hydrogen-bond donors (Lipinski definition) is 1. The maximum Gasteiger partial charge on any atom is 0.0923 e. The number of rotatable bonds is 3. The summed E-state index contributed by atoms with van der Waals surface area (Å²) in [6.45, 7) is 0. The average molecular weight is 308 g/mol. The first-order chi connectivity index (χ1) is 8.06. The van der Waals surface area contributed by atoms with Gasteiger partial charge in [0.05, 0.1) is 11.1 Å². The van der Waals surface area contributed by atoms with E-state index in [-0.39, 0.29) is 0 Å². The molecule has 0 bridgehead atoms. The monoisotopic (exact) mass is 306 g/mol. The molecule has 1 unspecified atom stereocenters. The Balaban J connectivity index is 2.18. The van der Waals surface area contributed by atoms with Gasteiger partial charge in [-0.2, -0.15) is 0 Å². The molecule has 0 fully saturated rings. The Hall–Kier alpha value is -0.250. The van der Waals surface area contributed by atoms with Crippen LogP contribution in [0.3, 0.4) is 0 Å². The van der Waals surface area contributed by atoms with Crippen LogP contribution in [-0.4, -0.2) is 5.11 Å². The second-order valence-electron chi connectivity index (χ2n) is 3.62. The minimum absolute atomic E-state index is 0.427. The van der Waals surface area contributed by atoms with Crippen molar-refractivity contribution in [2.45, 2.75) is 12.5 Å². The first-order valence-corrected chi connectivity index (χ1v) is 6.93. The van der Waals surface area contributed by atoms with Crippen molar-refractivity contribution in [1.82, 2.24) is 0 Å². The van der Waals surface area contributed by atoms with Crippen LogP contribution in [0.1, 0.15) is 16.5 Å². The summed E-state index contributed by atoms with van der Waals surface area (Å²) in [5, 5.41) is 13.7. The lowest BCUT2D eigenvalue weighted by atomic mass is 10.1. The molecule has 2 rings (SSSR count). The third-order valence-electron chi connectivity index (χ3n) is 2.34. The zero-order chi connectivity index (χ0) is 12.4. The summed E-state index contributed by atoms with van der Waals surface area (Å²) in [6.07, 6.45) is -0.181. The van der Waals surface area contributed by atoms with Crippen molar-refractivity contribution >= 4 is 46.1 Å². The molecule has 1 N–H and O–H groups in total. The summed E-state index contributed by atoms with van der Waals surface area (Å²) in [5.41, 5.74) is 0.830. The molecule has 1 atom stereocenters. The quantitative estimate of drug-likeness (QED) is 0.847. The number of benzene rings is 1. The number of hydrogen-bond acceptors (Lipinski definition) is 2. The van der Waals surface area contributed by atoms with Crippen molar-refractivity contribution in [3.05, 3.63) is 55.2 Å². The van der Waals surface area contributed by atoms with Gasteiger partial charge in [0.15, 0.2) is 0 Å². The molecule has 0 radical (unpaired) electrons. The van der Waals surface area contributed by atoms with E-state index in [2.05, 4.69) is 0 Å². The Bertz CT molecular complexity index is 524. The molecule has 1 nitrogen and oxygen atoms in total. The van der Waals surface area contributed by atoms with Gasteiger partial charge in [0.2, 0.25) is 0 Å². The van der Waals surface area contributed by atoms with E-state index in [0.29, 0.717) is 21.5 Å². The smallest absolute Gasteiger partial charge is 0.0923 e. The van der Waals surface area contributed by atoms with Gasteiger partial charge in [0.1, 0.15) is 0 Å². The Morgan fingerprint density at radius 2 is 1.88 bits per heavy atom. The highest BCUT2D eigenvalue weighted by Gasteiger charge is 2.13. The zero-order valence-corrected chi connectivity index (χ0v) is 11.7. The predicted octanol–water partition coefficient (Wildman–Crippen LogP) is 4.98. The van der Waals surface area contributed by atoms with E-state index in [1.165, 1.54) is 11.3 Å². The van der Waals surface area contributed by atoms with Crippen molar-refractivity contribution in [3.63, 3.8) is 0 Å². The summed E-state index contributed by atoms with van der Waals surface area (Å²) in [6, 6.07) is 6.98. The third kappa shape index (κ3) is 3.36. The van der Waals surface area contributed by atoms with Crippen molar-refractivity contribution in [3.8, 4) is 0 Å². The van der Waals surface area contributed by atoms with Crippen LogP contribution in [0.2, 0.25) is 15.1 Å². The average Bonchev–Trinajstić information content (AvgIpc) is 2.70. The topological polar surface area (TPSA) is 20.2 Å². The van der Waals surface area contributed by atoms with Gasteiger partial charge in [-0.25, -0.2) is 0 Å². The fraction of sp³-hybridized carbons (Fsp3) is 0.167. The van der Waals surface area contributed by atoms with Crippen LogP contribution in [0, 0.1) is 0 Å². The lowest BCUT2D eigenvalue weighted by molar-refractivity contribution is 0.182. The highest BCUT2D eigenvalue weighted by Crippen LogP contribution is 2.30. The third-order valence-corrected chi connectivity index (χ3v) is 4.32. The van der Waals surface area contributed by atoms with Gasteiger partial charge in [-0.15, -0.1) is 11.3 Å². The van der Waals surface area contributed by atoms with Crippen LogP contribution in [0.4, 0.5) is 0 Å². The van der Waals surface area contributed by atoms with Crippen molar-refractivity contribution in [2.24, 2.45) is 0 Å². The first kappa shape index (κ1) is 13.2. The van der Waals surface area contributed by atoms with Gasteiger partial charge in [0, 0.05) is 26.7 Å². The number of aliphatic hydroxyl groups is 1. The van der Waals surface area contributed by atoms with Gasteiger partial charge >= 0.3 is 0 Å². The summed E-state index contributed by atoms with van der Waals surface area (Å²) < 4.78 is 0. The van der Waals surface area contributed by atoms with E-state index in [4.69, 9.17) is 34.8 Å². The second-order valence-corrected chi connectivity index (χ2v) is 5.85. The summed E-state index contributed by atoms with van der Waals surface area (Å²) in [5.74, 6) is 0. The number of aliphatic hydroxyl groups excluding tert-OH is 1. The van der Waals surface area contributed by atoms with Gasteiger partial charge in [-0.1, -0.05) is 34.8 Å². The molecular formula is C12H9Cl3OS. The molecule has 2 aromatic rings. The molecule has 1 heterocycles. The molecule has 90 valence electrons. The maximum absolute atomic E-state index is 10.1. The molecule has 17 heavy (non-hydrogen) atoms. The molecule has 0 amide bonds. The highest BCUT2D eigenvalue weighted by atomic mass is 35.5. The molecule has 0 saturated carbocycles. The van der Waals surface area contributed by atoms with E-state index < -0.39 is 6.10 Å². The van der Waals surface area contributed by atoms with Crippen LogP contribution < -0.4 is 0 Å². The summed E-state index contributed by atoms with van der Waals surface area (Å²) in [7, 11) is 0. The minimum atomic E-state index is -0.608. The van der Waals surface area contributed by atoms with Crippen molar-refractivity contribution < 1.29 is 5.11 Å². The van der Waals surface area contributed by atoms with E-state index in [1.807, 2.05) is 0 Å². The molecule has 0 spiro atoms. The molecule has 5 heteroatoms. The highest BCUT2D eigenvalue weighted by molar-refractivity contribution is 7.10. The second kappa shape index (κ2) is 5.59. The molecule has 0 saturated heterocycles. The van der Waals surface area contributed by atoms with E-state index in [1.54, 1.807) is 29.6 Å². The fourth-order valence-electron chi connectivity index (χ4n) is 1.51. The summed E-state index contributed by atoms with van der Waals surface area (Å²) in [4.78, 5) is 0.825. The summed E-state index contributed by atoms with van der Waals surface area (Å²) >= 11 is 19.2. The molecule has 0 aliphatic rings. The van der Waals surface area contributed by atoms with E-state index in [9.17, 15) is 5.11 Å². The van der Waals surface area contributed by atoms with Gasteiger partial charge < -0.3 is 5.11 Å². The Morgan fingerprint density at radius 1 is 1.12 bits per heavy atom. The minimum Gasteiger partial charge on any atom is -0.387 e. The standard InChI is InChI=1S/C12H9Cl3OS/c13-8-1-2-10(15)7(3-8)4-11(16)12-5-9(14)6-17-12/h1-3,5-6,11,16H,4H2. The maximum atomic E-state index is 10.1. The van der Waals surface area contributed by atoms with E-state index >= 15 is 0 Å². The van der Waals surface area contributed by atoms with Crippen LogP contribution >= 0.6 is 46.1 Å². The first-order valence-electron chi connectivity index (χ1n) is 4.92. The Morgan fingerprint density at radius 3 is 2.53 bits per heavy atom. The van der Waals surface area contributed by atoms with Crippen LogP contribution in [0.5, 0.6) is 0 Å². The molecule has 0 aliphatic heterocycles. The number of halogens is 3. The van der Waals surface area contributed by atoms with E-state index in [0.717, 1.165) is 10.4 Å². The van der Waals surface area contributed by atoms with Crippen LogP contribution in [0.25, 0.3) is 0 Å². The fourth-order valence-corrected chi connectivity index (χ4v) is 2.97. The molecule has 1 aromatic carbocycles. The molecule has 0 aliphatic carbocycles. The zero-order valence-electron chi connectivity index (χ0n) is 8.66. The number of thiophene rings is 1. The normalized spacial score (nSPS) is 12.7. The Kier molecular flexibility index (Phi) is 4.34. The molecule has 1 aromatic heterocycles. The van der Waals surface area contributed by atoms with Gasteiger partial charge in [-0.05, 0) is 29.8 Å². The van der Waals surface area contributed by atoms with Crippen molar-refractivity contribution in [2.75, 3.05) is 0 Å². The largest absolute Gasteiger partial charge is 0.387 e. The SMILES string of the molecule is OC(Cc1cc(Cl)ccc1Cl)c1cc(Cl)cs1. The van der Waals surface area contributed by atoms with Crippen molar-refractivity contribution in [1.29, 1.82) is 0 Å². The molecular weight excluding hydrogens is 299 g/mol. The lowest BCUT2D eigenvalue weighted by Crippen LogP contribution is -2.00.